The fourth-order valence-corrected chi connectivity index (χ4v) is 3.53. The first-order valence-electron chi connectivity index (χ1n) is 7.15. The lowest BCUT2D eigenvalue weighted by atomic mass is 9.89. The Morgan fingerprint density at radius 3 is 2.89 bits per heavy atom. The summed E-state index contributed by atoms with van der Waals surface area (Å²) >= 11 is 0. The highest BCUT2D eigenvalue weighted by molar-refractivity contribution is 5.40. The smallest absolute Gasteiger partial charge is 0.123 e. The van der Waals surface area contributed by atoms with Crippen LogP contribution in [0.5, 0.6) is 5.75 Å². The molecule has 0 bridgehead atoms. The standard InChI is InChI=1S/C16H23NO/c1-10-3-6-16-13(7-10)9-14(18-16)8-12-4-5-15(17)11(12)2/h3,6-7,11-12,14-15H,4-5,8-9,17H2,1-2H3. The number of nitrogens with two attached hydrogens (primary N) is 1. The molecule has 1 aromatic rings. The van der Waals surface area contributed by atoms with Crippen molar-refractivity contribution in [2.24, 2.45) is 17.6 Å². The molecule has 4 unspecified atom stereocenters. The number of hydrogen-bond donors (Lipinski definition) is 1. The van der Waals surface area contributed by atoms with E-state index < -0.39 is 0 Å². The SMILES string of the molecule is Cc1ccc2c(c1)CC(CC1CCC(N)C1C)O2. The van der Waals surface area contributed by atoms with Gasteiger partial charge in [-0.25, -0.2) is 0 Å². The first-order valence-corrected chi connectivity index (χ1v) is 7.15. The quantitative estimate of drug-likeness (QED) is 0.869. The van der Waals surface area contributed by atoms with E-state index in [1.54, 1.807) is 0 Å². The Hall–Kier alpha value is -1.02. The molecule has 18 heavy (non-hydrogen) atoms. The molecule has 1 aliphatic carbocycles. The zero-order chi connectivity index (χ0) is 12.7. The van der Waals surface area contributed by atoms with Gasteiger partial charge in [0.1, 0.15) is 11.9 Å². The minimum Gasteiger partial charge on any atom is -0.490 e. The van der Waals surface area contributed by atoms with Crippen LogP contribution in [0, 0.1) is 18.8 Å². The molecule has 1 heterocycles. The van der Waals surface area contributed by atoms with Gasteiger partial charge in [0.2, 0.25) is 0 Å². The maximum Gasteiger partial charge on any atom is 0.123 e. The molecule has 2 aliphatic rings. The van der Waals surface area contributed by atoms with E-state index in [1.807, 2.05) is 0 Å². The fraction of sp³-hybridized carbons (Fsp3) is 0.625. The van der Waals surface area contributed by atoms with E-state index in [0.717, 1.165) is 18.1 Å². The van der Waals surface area contributed by atoms with Crippen molar-refractivity contribution in [2.45, 2.75) is 51.7 Å². The highest BCUT2D eigenvalue weighted by atomic mass is 16.5. The minimum absolute atomic E-state index is 0.375. The number of benzene rings is 1. The maximum absolute atomic E-state index is 6.11. The number of aryl methyl sites for hydroxylation is 1. The van der Waals surface area contributed by atoms with Gasteiger partial charge in [-0.15, -0.1) is 0 Å². The van der Waals surface area contributed by atoms with Gasteiger partial charge in [0.05, 0.1) is 0 Å². The second kappa shape index (κ2) is 4.58. The molecule has 1 fully saturated rings. The van der Waals surface area contributed by atoms with Crippen molar-refractivity contribution >= 4 is 0 Å². The van der Waals surface area contributed by atoms with Crippen LogP contribution in [-0.2, 0) is 6.42 Å². The van der Waals surface area contributed by atoms with Crippen molar-refractivity contribution in [2.75, 3.05) is 0 Å². The van der Waals surface area contributed by atoms with Crippen LogP contribution in [0.25, 0.3) is 0 Å². The summed E-state index contributed by atoms with van der Waals surface area (Å²) in [6, 6.07) is 6.92. The largest absolute Gasteiger partial charge is 0.490 e. The number of hydrogen-bond acceptors (Lipinski definition) is 2. The summed E-state index contributed by atoms with van der Waals surface area (Å²) in [5, 5.41) is 0. The van der Waals surface area contributed by atoms with Crippen LogP contribution in [-0.4, -0.2) is 12.1 Å². The summed E-state index contributed by atoms with van der Waals surface area (Å²) < 4.78 is 6.07. The Morgan fingerprint density at radius 2 is 2.17 bits per heavy atom. The van der Waals surface area contributed by atoms with Crippen LogP contribution < -0.4 is 10.5 Å². The zero-order valence-corrected chi connectivity index (χ0v) is 11.4. The van der Waals surface area contributed by atoms with E-state index in [9.17, 15) is 0 Å². The molecule has 0 radical (unpaired) electrons. The van der Waals surface area contributed by atoms with E-state index in [4.69, 9.17) is 10.5 Å². The molecule has 4 atom stereocenters. The van der Waals surface area contributed by atoms with Gasteiger partial charge < -0.3 is 10.5 Å². The maximum atomic E-state index is 6.11. The first-order chi connectivity index (χ1) is 8.63. The molecule has 98 valence electrons. The summed E-state index contributed by atoms with van der Waals surface area (Å²) in [4.78, 5) is 0. The second-order valence-corrected chi connectivity index (χ2v) is 6.15. The monoisotopic (exact) mass is 245 g/mol. The lowest BCUT2D eigenvalue weighted by Gasteiger charge is -2.21. The van der Waals surface area contributed by atoms with Crippen molar-refractivity contribution in [3.05, 3.63) is 29.3 Å². The third kappa shape index (κ3) is 2.14. The lowest BCUT2D eigenvalue weighted by Crippen LogP contribution is -2.27. The van der Waals surface area contributed by atoms with Gasteiger partial charge in [0, 0.05) is 12.5 Å². The fourth-order valence-electron chi connectivity index (χ4n) is 3.53. The number of fused-ring (bicyclic) bond motifs is 1. The van der Waals surface area contributed by atoms with Gasteiger partial charge in [0.25, 0.3) is 0 Å². The van der Waals surface area contributed by atoms with Crippen molar-refractivity contribution in [3.8, 4) is 5.75 Å². The molecule has 1 aromatic carbocycles. The molecule has 1 saturated carbocycles. The zero-order valence-electron chi connectivity index (χ0n) is 11.4. The Kier molecular flexibility index (Phi) is 3.06. The van der Waals surface area contributed by atoms with Gasteiger partial charge in [0.15, 0.2) is 0 Å². The normalized spacial score (nSPS) is 34.4. The average molecular weight is 245 g/mol. The summed E-state index contributed by atoms with van der Waals surface area (Å²) in [5.74, 6) is 2.50. The summed E-state index contributed by atoms with van der Waals surface area (Å²) in [7, 11) is 0. The van der Waals surface area contributed by atoms with Crippen LogP contribution in [0.1, 0.15) is 37.3 Å². The van der Waals surface area contributed by atoms with Crippen molar-refractivity contribution in [1.29, 1.82) is 0 Å². The van der Waals surface area contributed by atoms with Crippen molar-refractivity contribution < 1.29 is 4.74 Å². The molecule has 2 heteroatoms. The molecular weight excluding hydrogens is 222 g/mol. The number of ether oxygens (including phenoxy) is 1. The first kappa shape index (κ1) is 12.0. The van der Waals surface area contributed by atoms with Crippen LogP contribution in [0.4, 0.5) is 0 Å². The van der Waals surface area contributed by atoms with Gasteiger partial charge in [-0.1, -0.05) is 24.6 Å². The Labute approximate surface area is 110 Å². The summed E-state index contributed by atoms with van der Waals surface area (Å²) in [5.41, 5.74) is 8.82. The summed E-state index contributed by atoms with van der Waals surface area (Å²) in [6.45, 7) is 4.44. The molecule has 2 nitrogen and oxygen atoms in total. The van der Waals surface area contributed by atoms with Gasteiger partial charge in [-0.3, -0.25) is 0 Å². The van der Waals surface area contributed by atoms with Crippen molar-refractivity contribution in [3.63, 3.8) is 0 Å². The third-order valence-corrected chi connectivity index (χ3v) is 4.81. The van der Waals surface area contributed by atoms with Gasteiger partial charge in [-0.2, -0.15) is 0 Å². The molecular formula is C16H23NO. The second-order valence-electron chi connectivity index (χ2n) is 6.15. The summed E-state index contributed by atoms with van der Waals surface area (Å²) in [6.07, 6.45) is 5.08. The molecule has 0 saturated heterocycles. The van der Waals surface area contributed by atoms with E-state index in [-0.39, 0.29) is 0 Å². The highest BCUT2D eigenvalue weighted by Gasteiger charge is 2.34. The van der Waals surface area contributed by atoms with E-state index >= 15 is 0 Å². The Balaban J connectivity index is 1.64. The average Bonchev–Trinajstić information content (AvgIpc) is 2.86. The topological polar surface area (TPSA) is 35.2 Å². The molecule has 0 spiro atoms. The van der Waals surface area contributed by atoms with Crippen LogP contribution >= 0.6 is 0 Å². The predicted octanol–water partition coefficient (Wildman–Crippen LogP) is 3.06. The molecule has 1 aliphatic heterocycles. The van der Waals surface area contributed by atoms with Crippen LogP contribution in [0.15, 0.2) is 18.2 Å². The van der Waals surface area contributed by atoms with Crippen LogP contribution in [0.3, 0.4) is 0 Å². The molecule has 2 N–H and O–H groups in total. The van der Waals surface area contributed by atoms with E-state index in [1.165, 1.54) is 30.4 Å². The third-order valence-electron chi connectivity index (χ3n) is 4.81. The predicted molar refractivity (Wildman–Crippen MR) is 73.8 cm³/mol. The Bertz CT molecular complexity index is 443. The minimum atomic E-state index is 0.375. The molecule has 0 amide bonds. The highest BCUT2D eigenvalue weighted by Crippen LogP contribution is 2.38. The Morgan fingerprint density at radius 1 is 1.33 bits per heavy atom. The lowest BCUT2D eigenvalue weighted by molar-refractivity contribution is 0.179. The van der Waals surface area contributed by atoms with E-state index in [0.29, 0.717) is 18.1 Å². The number of rotatable bonds is 2. The van der Waals surface area contributed by atoms with Gasteiger partial charge >= 0.3 is 0 Å². The van der Waals surface area contributed by atoms with Crippen molar-refractivity contribution in [1.82, 2.24) is 0 Å². The molecule has 0 aromatic heterocycles. The molecule has 3 rings (SSSR count). The van der Waals surface area contributed by atoms with Gasteiger partial charge in [-0.05, 0) is 49.7 Å². The van der Waals surface area contributed by atoms with Crippen LogP contribution in [0.2, 0.25) is 0 Å². The van der Waals surface area contributed by atoms with E-state index in [2.05, 4.69) is 32.0 Å².